The minimum atomic E-state index is -0.888. The lowest BCUT2D eigenvalue weighted by Gasteiger charge is -1.98. The number of hydrogen-bond donors (Lipinski definition) is 2. The number of aromatic hydroxyl groups is 2. The Bertz CT molecular complexity index is 315. The minimum absolute atomic E-state index is 0.0376. The van der Waals surface area contributed by atoms with Crippen molar-refractivity contribution in [1.82, 2.24) is 0 Å². The van der Waals surface area contributed by atoms with Crippen LogP contribution in [0.15, 0.2) is 12.1 Å². The zero-order chi connectivity index (χ0) is 9.30. The zero-order valence-electron chi connectivity index (χ0n) is 5.69. The molecule has 0 atom stereocenters. The number of nitro benzene ring substituents is 1. The molecule has 64 valence electrons. The van der Waals surface area contributed by atoms with Gasteiger partial charge in [-0.15, -0.1) is 0 Å². The van der Waals surface area contributed by atoms with Crippen LogP contribution in [-0.4, -0.2) is 15.1 Å². The van der Waals surface area contributed by atoms with Crippen molar-refractivity contribution in [1.29, 1.82) is 0 Å². The molecule has 12 heavy (non-hydrogen) atoms. The van der Waals surface area contributed by atoms with E-state index in [9.17, 15) is 10.1 Å². The summed E-state index contributed by atoms with van der Waals surface area (Å²) in [6.07, 6.45) is 0. The molecule has 0 aliphatic rings. The third-order valence-corrected chi connectivity index (χ3v) is 1.44. The van der Waals surface area contributed by atoms with Crippen molar-refractivity contribution >= 4 is 17.3 Å². The molecule has 0 spiro atoms. The lowest BCUT2D eigenvalue weighted by atomic mass is 10.3. The van der Waals surface area contributed by atoms with Crippen LogP contribution in [-0.2, 0) is 0 Å². The summed E-state index contributed by atoms with van der Waals surface area (Å²) in [5.74, 6) is -1.30. The average molecular weight is 190 g/mol. The molecule has 0 aliphatic carbocycles. The maximum Gasteiger partial charge on any atom is 0.351 e. The van der Waals surface area contributed by atoms with E-state index in [4.69, 9.17) is 21.8 Å². The fourth-order valence-electron chi connectivity index (χ4n) is 0.758. The van der Waals surface area contributed by atoms with E-state index in [0.717, 1.165) is 12.1 Å². The highest BCUT2D eigenvalue weighted by Gasteiger charge is 2.19. The molecule has 0 bridgehead atoms. The third-order valence-electron chi connectivity index (χ3n) is 1.22. The fraction of sp³-hybridized carbons (Fsp3) is 0. The van der Waals surface area contributed by atoms with Crippen molar-refractivity contribution in [2.75, 3.05) is 0 Å². The second-order valence-corrected chi connectivity index (χ2v) is 2.49. The Morgan fingerprint density at radius 1 is 1.33 bits per heavy atom. The molecule has 0 heterocycles. The first kappa shape index (κ1) is 8.61. The summed E-state index contributed by atoms with van der Waals surface area (Å²) in [6, 6.07) is 1.97. The van der Waals surface area contributed by atoms with E-state index >= 15 is 0 Å². The van der Waals surface area contributed by atoms with Gasteiger partial charge in [0.05, 0.1) is 4.92 Å². The van der Waals surface area contributed by atoms with Crippen molar-refractivity contribution in [2.45, 2.75) is 0 Å². The molecular formula is C6H4ClNO4. The number of benzene rings is 1. The van der Waals surface area contributed by atoms with E-state index in [2.05, 4.69) is 0 Å². The molecule has 6 heteroatoms. The predicted molar refractivity (Wildman–Crippen MR) is 41.4 cm³/mol. The zero-order valence-corrected chi connectivity index (χ0v) is 6.45. The summed E-state index contributed by atoms with van der Waals surface area (Å²) in [7, 11) is 0. The summed E-state index contributed by atoms with van der Waals surface area (Å²) in [5.41, 5.74) is -0.737. The van der Waals surface area contributed by atoms with Crippen LogP contribution in [0.3, 0.4) is 0 Å². The lowest BCUT2D eigenvalue weighted by Crippen LogP contribution is -1.88. The molecule has 2 N–H and O–H groups in total. The maximum absolute atomic E-state index is 10.2. The van der Waals surface area contributed by atoms with E-state index in [1.54, 1.807) is 0 Å². The first-order valence-electron chi connectivity index (χ1n) is 2.88. The summed E-state index contributed by atoms with van der Waals surface area (Å²) in [5, 5.41) is 28.1. The molecule has 0 saturated heterocycles. The van der Waals surface area contributed by atoms with E-state index in [-0.39, 0.29) is 5.02 Å². The normalized spacial score (nSPS) is 9.75. The Kier molecular flexibility index (Phi) is 2.05. The summed E-state index contributed by atoms with van der Waals surface area (Å²) >= 11 is 5.38. The molecule has 0 aromatic heterocycles. The van der Waals surface area contributed by atoms with Crippen LogP contribution < -0.4 is 0 Å². The van der Waals surface area contributed by atoms with E-state index in [1.807, 2.05) is 0 Å². The van der Waals surface area contributed by atoms with E-state index < -0.39 is 22.1 Å². The predicted octanol–water partition coefficient (Wildman–Crippen LogP) is 1.66. The summed E-state index contributed by atoms with van der Waals surface area (Å²) in [6.45, 7) is 0. The number of nitrogens with zero attached hydrogens (tertiary/aromatic N) is 1. The lowest BCUT2D eigenvalue weighted by molar-refractivity contribution is -0.386. The highest BCUT2D eigenvalue weighted by Crippen LogP contribution is 2.37. The highest BCUT2D eigenvalue weighted by atomic mass is 35.5. The molecule has 1 rings (SSSR count). The largest absolute Gasteiger partial charge is 0.502 e. The number of phenols is 2. The van der Waals surface area contributed by atoms with Crippen molar-refractivity contribution in [3.8, 4) is 11.5 Å². The van der Waals surface area contributed by atoms with Crippen molar-refractivity contribution in [3.05, 3.63) is 27.3 Å². The van der Waals surface area contributed by atoms with Crippen molar-refractivity contribution < 1.29 is 15.1 Å². The Morgan fingerprint density at radius 3 is 2.08 bits per heavy atom. The third kappa shape index (κ3) is 1.40. The molecule has 5 nitrogen and oxygen atoms in total. The first-order chi connectivity index (χ1) is 5.52. The fourth-order valence-corrected chi connectivity index (χ4v) is 0.965. The number of phenolic OH excluding ortho intramolecular Hbond substituents is 2. The van der Waals surface area contributed by atoms with Gasteiger partial charge in [0.25, 0.3) is 0 Å². The number of hydrogen-bond acceptors (Lipinski definition) is 4. The van der Waals surface area contributed by atoms with E-state index in [1.165, 1.54) is 0 Å². The smallest absolute Gasteiger partial charge is 0.351 e. The van der Waals surface area contributed by atoms with Gasteiger partial charge in [0.1, 0.15) is 0 Å². The molecule has 1 aromatic carbocycles. The van der Waals surface area contributed by atoms with Crippen LogP contribution in [0.5, 0.6) is 11.5 Å². The molecule has 1 aromatic rings. The molecule has 0 aliphatic heterocycles. The minimum Gasteiger partial charge on any atom is -0.502 e. The molecule has 0 fully saturated rings. The molecule has 0 unspecified atom stereocenters. The second-order valence-electron chi connectivity index (χ2n) is 2.05. The molecule has 0 saturated carbocycles. The van der Waals surface area contributed by atoms with Crippen LogP contribution in [0.4, 0.5) is 5.69 Å². The average Bonchev–Trinajstić information content (AvgIpc) is 1.82. The Morgan fingerprint density at radius 2 is 1.75 bits per heavy atom. The number of nitro groups is 1. The SMILES string of the molecule is O=[N+]([O-])c1c(O)cc(Cl)cc1O. The van der Waals surface area contributed by atoms with Crippen LogP contribution in [0.2, 0.25) is 5.02 Å². The van der Waals surface area contributed by atoms with Crippen molar-refractivity contribution in [3.63, 3.8) is 0 Å². The van der Waals surface area contributed by atoms with Crippen LogP contribution >= 0.6 is 11.6 Å². The monoisotopic (exact) mass is 189 g/mol. The number of halogens is 1. The Hall–Kier alpha value is -1.49. The van der Waals surface area contributed by atoms with Gasteiger partial charge < -0.3 is 10.2 Å². The standard InChI is InChI=1S/C6H4ClNO4/c7-3-1-4(9)6(8(11)12)5(10)2-3/h1-2,9-10H. The van der Waals surface area contributed by atoms with Gasteiger partial charge in [-0.3, -0.25) is 10.1 Å². The van der Waals surface area contributed by atoms with Gasteiger partial charge in [0.15, 0.2) is 11.5 Å². The highest BCUT2D eigenvalue weighted by molar-refractivity contribution is 6.31. The van der Waals surface area contributed by atoms with Crippen LogP contribution in [0, 0.1) is 10.1 Å². The second kappa shape index (κ2) is 2.86. The quantitative estimate of drug-likeness (QED) is 0.520. The molecule has 0 radical (unpaired) electrons. The summed E-state index contributed by atoms with van der Waals surface area (Å²) < 4.78 is 0. The van der Waals surface area contributed by atoms with Gasteiger partial charge in [-0.2, -0.15) is 0 Å². The van der Waals surface area contributed by atoms with Gasteiger partial charge >= 0.3 is 5.69 Å². The van der Waals surface area contributed by atoms with Gasteiger partial charge in [-0.1, -0.05) is 11.6 Å². The van der Waals surface area contributed by atoms with Gasteiger partial charge in [-0.25, -0.2) is 0 Å². The van der Waals surface area contributed by atoms with Gasteiger partial charge in [0, 0.05) is 17.2 Å². The maximum atomic E-state index is 10.2. The first-order valence-corrected chi connectivity index (χ1v) is 3.26. The summed E-state index contributed by atoms with van der Waals surface area (Å²) in [4.78, 5) is 9.31. The van der Waals surface area contributed by atoms with Gasteiger partial charge in [-0.05, 0) is 0 Å². The Balaban J connectivity index is 3.38. The Labute approximate surface area is 72.0 Å². The topological polar surface area (TPSA) is 83.6 Å². The van der Waals surface area contributed by atoms with Gasteiger partial charge in [0.2, 0.25) is 0 Å². The van der Waals surface area contributed by atoms with Crippen LogP contribution in [0.25, 0.3) is 0 Å². The molecular weight excluding hydrogens is 186 g/mol. The van der Waals surface area contributed by atoms with E-state index in [0.29, 0.717) is 0 Å². The van der Waals surface area contributed by atoms with Crippen molar-refractivity contribution in [2.24, 2.45) is 0 Å². The number of rotatable bonds is 1. The van der Waals surface area contributed by atoms with Crippen LogP contribution in [0.1, 0.15) is 0 Å². The molecule has 0 amide bonds.